The standard InChI is InChI=1S/C14H26N2O/c1-14(2)12(9-13(14)17)15-10-5-7-16-6-3-4-11(16)8-10/h10-13,15,17H,3-9H2,1-2H3. The van der Waals surface area contributed by atoms with Crippen LogP contribution in [0, 0.1) is 5.41 Å². The number of hydrogen-bond acceptors (Lipinski definition) is 3. The molecule has 3 rings (SSSR count). The highest BCUT2D eigenvalue weighted by Crippen LogP contribution is 2.41. The summed E-state index contributed by atoms with van der Waals surface area (Å²) in [6, 6.07) is 2.05. The fourth-order valence-corrected chi connectivity index (χ4v) is 3.85. The molecule has 3 aliphatic rings. The van der Waals surface area contributed by atoms with Gasteiger partial charge in [-0.05, 0) is 45.2 Å². The van der Waals surface area contributed by atoms with Gasteiger partial charge in [0.15, 0.2) is 0 Å². The number of piperidine rings is 1. The van der Waals surface area contributed by atoms with Gasteiger partial charge in [0.25, 0.3) is 0 Å². The molecule has 2 saturated heterocycles. The van der Waals surface area contributed by atoms with E-state index in [1.54, 1.807) is 0 Å². The van der Waals surface area contributed by atoms with Crippen LogP contribution in [0.4, 0.5) is 0 Å². The number of hydrogen-bond donors (Lipinski definition) is 2. The fraction of sp³-hybridized carbons (Fsp3) is 1.00. The lowest BCUT2D eigenvalue weighted by atomic mass is 9.64. The summed E-state index contributed by atoms with van der Waals surface area (Å²) in [5.74, 6) is 0. The Labute approximate surface area is 105 Å². The number of aliphatic hydroxyl groups is 1. The Balaban J connectivity index is 1.53. The molecule has 2 heterocycles. The van der Waals surface area contributed by atoms with Gasteiger partial charge in [0.1, 0.15) is 0 Å². The molecular formula is C14H26N2O. The predicted octanol–water partition coefficient (Wildman–Crippen LogP) is 1.36. The van der Waals surface area contributed by atoms with E-state index in [-0.39, 0.29) is 11.5 Å². The Morgan fingerprint density at radius 2 is 2.00 bits per heavy atom. The average molecular weight is 238 g/mol. The van der Waals surface area contributed by atoms with Crippen LogP contribution in [0.25, 0.3) is 0 Å². The van der Waals surface area contributed by atoms with Crippen molar-refractivity contribution in [3.05, 3.63) is 0 Å². The van der Waals surface area contributed by atoms with E-state index in [9.17, 15) is 5.11 Å². The monoisotopic (exact) mass is 238 g/mol. The molecule has 3 nitrogen and oxygen atoms in total. The molecule has 2 N–H and O–H groups in total. The molecule has 2 aliphatic heterocycles. The zero-order valence-electron chi connectivity index (χ0n) is 11.2. The first kappa shape index (κ1) is 11.9. The van der Waals surface area contributed by atoms with Crippen molar-refractivity contribution >= 4 is 0 Å². The van der Waals surface area contributed by atoms with Gasteiger partial charge in [0.2, 0.25) is 0 Å². The van der Waals surface area contributed by atoms with Gasteiger partial charge >= 0.3 is 0 Å². The van der Waals surface area contributed by atoms with Crippen LogP contribution in [0.5, 0.6) is 0 Å². The van der Waals surface area contributed by atoms with Gasteiger partial charge in [-0.2, -0.15) is 0 Å². The van der Waals surface area contributed by atoms with E-state index >= 15 is 0 Å². The maximum Gasteiger partial charge on any atom is 0.0621 e. The Kier molecular flexibility index (Phi) is 2.96. The van der Waals surface area contributed by atoms with Crippen LogP contribution >= 0.6 is 0 Å². The zero-order valence-corrected chi connectivity index (χ0v) is 11.2. The summed E-state index contributed by atoms with van der Waals surface area (Å²) in [6.45, 7) is 6.97. The van der Waals surface area contributed by atoms with Crippen molar-refractivity contribution in [2.45, 2.75) is 70.2 Å². The number of nitrogens with one attached hydrogen (secondary N) is 1. The molecule has 4 atom stereocenters. The SMILES string of the molecule is CC1(C)C(O)CC1NC1CCN2CCCC2C1. The van der Waals surface area contributed by atoms with Crippen LogP contribution in [0.1, 0.15) is 46.0 Å². The van der Waals surface area contributed by atoms with Gasteiger partial charge < -0.3 is 15.3 Å². The summed E-state index contributed by atoms with van der Waals surface area (Å²) >= 11 is 0. The smallest absolute Gasteiger partial charge is 0.0621 e. The first-order valence-corrected chi connectivity index (χ1v) is 7.25. The Bertz CT molecular complexity index is 292. The second-order valence-corrected chi connectivity index (χ2v) is 6.85. The predicted molar refractivity (Wildman–Crippen MR) is 68.9 cm³/mol. The van der Waals surface area contributed by atoms with Gasteiger partial charge in [0.05, 0.1) is 6.10 Å². The Morgan fingerprint density at radius 3 is 2.71 bits per heavy atom. The van der Waals surface area contributed by atoms with Crippen molar-refractivity contribution in [2.24, 2.45) is 5.41 Å². The maximum absolute atomic E-state index is 9.78. The normalized spacial score (nSPS) is 45.4. The fourth-order valence-electron chi connectivity index (χ4n) is 3.85. The molecule has 98 valence electrons. The quantitative estimate of drug-likeness (QED) is 0.762. The number of nitrogens with zero attached hydrogens (tertiary/aromatic N) is 1. The minimum Gasteiger partial charge on any atom is -0.392 e. The highest BCUT2D eigenvalue weighted by atomic mass is 16.3. The van der Waals surface area contributed by atoms with Gasteiger partial charge in [-0.3, -0.25) is 0 Å². The molecule has 0 spiro atoms. The molecule has 1 saturated carbocycles. The summed E-state index contributed by atoms with van der Waals surface area (Å²) in [4.78, 5) is 2.67. The molecule has 0 aromatic rings. The van der Waals surface area contributed by atoms with Crippen LogP contribution < -0.4 is 5.32 Å². The first-order chi connectivity index (χ1) is 8.07. The first-order valence-electron chi connectivity index (χ1n) is 7.25. The van der Waals surface area contributed by atoms with Crippen LogP contribution in [0.3, 0.4) is 0 Å². The third kappa shape index (κ3) is 2.02. The molecule has 17 heavy (non-hydrogen) atoms. The average Bonchev–Trinajstić information content (AvgIpc) is 2.76. The third-order valence-electron chi connectivity index (χ3n) is 5.47. The number of fused-ring (bicyclic) bond motifs is 1. The molecule has 0 aromatic heterocycles. The minimum atomic E-state index is -0.105. The highest BCUT2D eigenvalue weighted by molar-refractivity contribution is 5.03. The molecular weight excluding hydrogens is 212 g/mol. The van der Waals surface area contributed by atoms with E-state index in [0.29, 0.717) is 12.1 Å². The van der Waals surface area contributed by atoms with Crippen molar-refractivity contribution in [1.82, 2.24) is 10.2 Å². The molecule has 1 aliphatic carbocycles. The third-order valence-corrected chi connectivity index (χ3v) is 5.47. The molecule has 0 aromatic carbocycles. The molecule has 0 bridgehead atoms. The van der Waals surface area contributed by atoms with Gasteiger partial charge in [-0.1, -0.05) is 13.8 Å². The topological polar surface area (TPSA) is 35.5 Å². The van der Waals surface area contributed by atoms with Crippen molar-refractivity contribution in [3.8, 4) is 0 Å². The van der Waals surface area contributed by atoms with Crippen molar-refractivity contribution in [2.75, 3.05) is 13.1 Å². The van der Waals surface area contributed by atoms with E-state index < -0.39 is 0 Å². The Hall–Kier alpha value is -0.120. The number of aliphatic hydroxyl groups excluding tert-OH is 1. The largest absolute Gasteiger partial charge is 0.392 e. The lowest BCUT2D eigenvalue weighted by molar-refractivity contribution is -0.0784. The summed E-state index contributed by atoms with van der Waals surface area (Å²) in [5, 5.41) is 13.6. The van der Waals surface area contributed by atoms with Crippen molar-refractivity contribution in [1.29, 1.82) is 0 Å². The van der Waals surface area contributed by atoms with E-state index in [1.807, 2.05) is 0 Å². The number of rotatable bonds is 2. The van der Waals surface area contributed by atoms with Crippen molar-refractivity contribution < 1.29 is 5.11 Å². The second-order valence-electron chi connectivity index (χ2n) is 6.85. The van der Waals surface area contributed by atoms with Gasteiger partial charge in [-0.15, -0.1) is 0 Å². The van der Waals surface area contributed by atoms with Crippen LogP contribution in [0.15, 0.2) is 0 Å². The summed E-state index contributed by atoms with van der Waals surface area (Å²) in [5.41, 5.74) is 0.0762. The van der Waals surface area contributed by atoms with E-state index in [4.69, 9.17) is 0 Å². The maximum atomic E-state index is 9.78. The minimum absolute atomic E-state index is 0.0762. The second kappa shape index (κ2) is 4.22. The van der Waals surface area contributed by atoms with E-state index in [0.717, 1.165) is 12.5 Å². The molecule has 0 amide bonds. The highest BCUT2D eigenvalue weighted by Gasteiger charge is 2.48. The molecule has 3 fully saturated rings. The summed E-state index contributed by atoms with van der Waals surface area (Å²) in [6.07, 6.45) is 6.24. The van der Waals surface area contributed by atoms with E-state index in [1.165, 1.54) is 38.8 Å². The van der Waals surface area contributed by atoms with Crippen LogP contribution in [-0.2, 0) is 0 Å². The van der Waals surface area contributed by atoms with Gasteiger partial charge in [0, 0.05) is 23.5 Å². The molecule has 0 radical (unpaired) electrons. The van der Waals surface area contributed by atoms with E-state index in [2.05, 4.69) is 24.1 Å². The zero-order chi connectivity index (χ0) is 12.0. The van der Waals surface area contributed by atoms with Crippen LogP contribution in [0.2, 0.25) is 0 Å². The van der Waals surface area contributed by atoms with Gasteiger partial charge in [-0.25, -0.2) is 0 Å². The summed E-state index contributed by atoms with van der Waals surface area (Å²) < 4.78 is 0. The lowest BCUT2D eigenvalue weighted by Crippen LogP contribution is -2.63. The van der Waals surface area contributed by atoms with Crippen molar-refractivity contribution in [3.63, 3.8) is 0 Å². The lowest BCUT2D eigenvalue weighted by Gasteiger charge is -2.52. The molecule has 3 heteroatoms. The Morgan fingerprint density at radius 1 is 1.18 bits per heavy atom. The molecule has 4 unspecified atom stereocenters. The van der Waals surface area contributed by atoms with Crippen LogP contribution in [-0.4, -0.2) is 47.3 Å². The summed E-state index contributed by atoms with van der Waals surface area (Å²) in [7, 11) is 0.